The van der Waals surface area contributed by atoms with E-state index in [9.17, 15) is 5.26 Å². The lowest BCUT2D eigenvalue weighted by Crippen LogP contribution is -2.38. The van der Waals surface area contributed by atoms with Crippen molar-refractivity contribution < 1.29 is 0 Å². The number of nitrogens with zero attached hydrogens (tertiary/aromatic N) is 4. The van der Waals surface area contributed by atoms with Crippen LogP contribution in [0.1, 0.15) is 32.3 Å². The SMILES string of the molecule is CCC(C)N[C@H]1CCN(c2nc(Nc3cc(N)cc(C#N)c3)nc3ccccc23)C1. The maximum Gasteiger partial charge on any atom is 0.229 e. The molecule has 1 aliphatic heterocycles. The lowest BCUT2D eigenvalue weighted by atomic mass is 10.2. The van der Waals surface area contributed by atoms with Crippen LogP contribution in [-0.2, 0) is 0 Å². The molecule has 0 spiro atoms. The molecule has 0 radical (unpaired) electrons. The number of nitrogens with two attached hydrogens (primary N) is 1. The Kier molecular flexibility index (Phi) is 5.68. The molecule has 30 heavy (non-hydrogen) atoms. The van der Waals surface area contributed by atoms with E-state index in [0.717, 1.165) is 42.7 Å². The van der Waals surface area contributed by atoms with E-state index in [1.165, 1.54) is 0 Å². The quantitative estimate of drug-likeness (QED) is 0.540. The Bertz CT molecular complexity index is 1090. The number of anilines is 4. The van der Waals surface area contributed by atoms with Gasteiger partial charge in [0.05, 0.1) is 17.1 Å². The highest BCUT2D eigenvalue weighted by atomic mass is 15.3. The standard InChI is InChI=1S/C23H27N7/c1-3-15(2)26-18-8-9-30(14-18)22-20-6-4-5-7-21(20)28-23(29-22)27-19-11-16(13-24)10-17(25)12-19/h4-7,10-12,15,18,26H,3,8-9,14,25H2,1-2H3,(H,27,28,29)/t15?,18-/m0/s1. The van der Waals surface area contributed by atoms with Crippen LogP contribution in [-0.4, -0.2) is 35.1 Å². The van der Waals surface area contributed by atoms with Gasteiger partial charge in [0.15, 0.2) is 0 Å². The molecule has 1 aromatic heterocycles. The maximum atomic E-state index is 9.21. The molecular formula is C23H27N7. The van der Waals surface area contributed by atoms with Gasteiger partial charge in [0.2, 0.25) is 5.95 Å². The maximum absolute atomic E-state index is 9.21. The first-order valence-corrected chi connectivity index (χ1v) is 10.4. The molecule has 1 saturated heterocycles. The molecule has 7 heteroatoms. The molecule has 4 N–H and O–H groups in total. The smallest absolute Gasteiger partial charge is 0.229 e. The first kappa shape index (κ1) is 19.9. The predicted octanol–water partition coefficient (Wildman–Crippen LogP) is 3.79. The second-order valence-corrected chi connectivity index (χ2v) is 7.88. The summed E-state index contributed by atoms with van der Waals surface area (Å²) >= 11 is 0. The number of benzene rings is 2. The molecule has 4 rings (SSSR count). The second-order valence-electron chi connectivity index (χ2n) is 7.88. The van der Waals surface area contributed by atoms with E-state index in [4.69, 9.17) is 10.7 Å². The van der Waals surface area contributed by atoms with Crippen LogP contribution in [0.3, 0.4) is 0 Å². The summed E-state index contributed by atoms with van der Waals surface area (Å²) in [4.78, 5) is 11.9. The monoisotopic (exact) mass is 401 g/mol. The first-order valence-electron chi connectivity index (χ1n) is 10.4. The van der Waals surface area contributed by atoms with E-state index in [2.05, 4.69) is 46.5 Å². The topological polar surface area (TPSA) is 103 Å². The minimum Gasteiger partial charge on any atom is -0.399 e. The van der Waals surface area contributed by atoms with Crippen molar-refractivity contribution in [3.63, 3.8) is 0 Å². The van der Waals surface area contributed by atoms with Gasteiger partial charge in [-0.2, -0.15) is 10.2 Å². The van der Waals surface area contributed by atoms with Gasteiger partial charge in [-0.15, -0.1) is 0 Å². The molecule has 1 unspecified atom stereocenters. The first-order chi connectivity index (χ1) is 14.6. The zero-order chi connectivity index (χ0) is 21.1. The highest BCUT2D eigenvalue weighted by Gasteiger charge is 2.26. The number of hydrogen-bond donors (Lipinski definition) is 3. The summed E-state index contributed by atoms with van der Waals surface area (Å²) in [5.41, 5.74) is 8.53. The number of nitriles is 1. The molecule has 2 aromatic carbocycles. The number of hydrogen-bond acceptors (Lipinski definition) is 7. The zero-order valence-corrected chi connectivity index (χ0v) is 17.4. The summed E-state index contributed by atoms with van der Waals surface area (Å²) in [6.45, 7) is 6.30. The van der Waals surface area contributed by atoms with Gasteiger partial charge in [0, 0.05) is 41.9 Å². The van der Waals surface area contributed by atoms with Crippen molar-refractivity contribution in [3.05, 3.63) is 48.0 Å². The number of nitrogens with one attached hydrogen (secondary N) is 2. The van der Waals surface area contributed by atoms with Crippen molar-refractivity contribution >= 4 is 34.0 Å². The summed E-state index contributed by atoms with van der Waals surface area (Å²) in [5.74, 6) is 1.43. The summed E-state index contributed by atoms with van der Waals surface area (Å²) in [5, 5.41) is 17.2. The van der Waals surface area contributed by atoms with Gasteiger partial charge in [-0.05, 0) is 50.1 Å². The van der Waals surface area contributed by atoms with Crippen LogP contribution in [0.25, 0.3) is 10.9 Å². The highest BCUT2D eigenvalue weighted by molar-refractivity contribution is 5.91. The Labute approximate surface area is 176 Å². The number of aromatic nitrogens is 2. The van der Waals surface area contributed by atoms with Gasteiger partial charge in [0.1, 0.15) is 5.82 Å². The molecule has 1 fully saturated rings. The van der Waals surface area contributed by atoms with E-state index in [0.29, 0.717) is 35.0 Å². The summed E-state index contributed by atoms with van der Waals surface area (Å²) < 4.78 is 0. The van der Waals surface area contributed by atoms with Crippen LogP contribution < -0.4 is 21.3 Å². The third-order valence-corrected chi connectivity index (χ3v) is 5.54. The van der Waals surface area contributed by atoms with Gasteiger partial charge >= 0.3 is 0 Å². The predicted molar refractivity (Wildman–Crippen MR) is 122 cm³/mol. The van der Waals surface area contributed by atoms with E-state index in [-0.39, 0.29) is 0 Å². The third-order valence-electron chi connectivity index (χ3n) is 5.54. The van der Waals surface area contributed by atoms with Crippen molar-refractivity contribution in [1.29, 1.82) is 5.26 Å². The van der Waals surface area contributed by atoms with E-state index in [1.54, 1.807) is 18.2 Å². The van der Waals surface area contributed by atoms with Crippen LogP contribution in [0.5, 0.6) is 0 Å². The van der Waals surface area contributed by atoms with Crippen molar-refractivity contribution in [2.45, 2.75) is 38.8 Å². The van der Waals surface area contributed by atoms with Gasteiger partial charge in [-0.1, -0.05) is 19.1 Å². The van der Waals surface area contributed by atoms with Gasteiger partial charge in [-0.25, -0.2) is 4.98 Å². The Morgan fingerprint density at radius 1 is 1.27 bits per heavy atom. The van der Waals surface area contributed by atoms with Gasteiger partial charge in [0.25, 0.3) is 0 Å². The lowest BCUT2D eigenvalue weighted by molar-refractivity contribution is 0.459. The molecule has 0 saturated carbocycles. The number of fused-ring (bicyclic) bond motifs is 1. The summed E-state index contributed by atoms with van der Waals surface area (Å²) in [6.07, 6.45) is 2.21. The average Bonchev–Trinajstić information content (AvgIpc) is 3.20. The second kappa shape index (κ2) is 8.56. The Balaban J connectivity index is 1.65. The fourth-order valence-corrected chi connectivity index (χ4v) is 3.88. The molecule has 1 aliphatic rings. The molecule has 7 nitrogen and oxygen atoms in total. The van der Waals surface area contributed by atoms with Crippen LogP contribution >= 0.6 is 0 Å². The van der Waals surface area contributed by atoms with Crippen LogP contribution in [0, 0.1) is 11.3 Å². The van der Waals surface area contributed by atoms with Gasteiger partial charge < -0.3 is 21.3 Å². The molecule has 0 aliphatic carbocycles. The lowest BCUT2D eigenvalue weighted by Gasteiger charge is -2.22. The Hall–Kier alpha value is -3.37. The Morgan fingerprint density at radius 2 is 2.10 bits per heavy atom. The molecule has 2 heterocycles. The molecule has 2 atom stereocenters. The minimum atomic E-state index is 0.456. The van der Waals surface area contributed by atoms with Crippen LogP contribution in [0.2, 0.25) is 0 Å². The van der Waals surface area contributed by atoms with Crippen molar-refractivity contribution in [2.75, 3.05) is 29.0 Å². The highest BCUT2D eigenvalue weighted by Crippen LogP contribution is 2.29. The molecule has 3 aromatic rings. The molecule has 0 amide bonds. The number of para-hydroxylation sites is 1. The van der Waals surface area contributed by atoms with E-state index >= 15 is 0 Å². The minimum absolute atomic E-state index is 0.456. The van der Waals surface area contributed by atoms with Crippen molar-refractivity contribution in [2.24, 2.45) is 0 Å². The van der Waals surface area contributed by atoms with Crippen molar-refractivity contribution in [3.8, 4) is 6.07 Å². The van der Waals surface area contributed by atoms with Crippen molar-refractivity contribution in [1.82, 2.24) is 15.3 Å². The third kappa shape index (κ3) is 4.29. The van der Waals surface area contributed by atoms with Crippen LogP contribution in [0.4, 0.5) is 23.1 Å². The average molecular weight is 402 g/mol. The zero-order valence-electron chi connectivity index (χ0n) is 17.4. The molecule has 154 valence electrons. The summed E-state index contributed by atoms with van der Waals surface area (Å²) in [7, 11) is 0. The fourth-order valence-electron chi connectivity index (χ4n) is 3.88. The number of nitrogen functional groups attached to an aromatic ring is 1. The van der Waals surface area contributed by atoms with E-state index in [1.807, 2.05) is 18.2 Å². The molecular weight excluding hydrogens is 374 g/mol. The number of rotatable bonds is 6. The summed E-state index contributed by atoms with van der Waals surface area (Å²) in [6, 6.07) is 16.3. The molecule has 0 bridgehead atoms. The normalized spacial score (nSPS) is 17.1. The Morgan fingerprint density at radius 3 is 2.90 bits per heavy atom. The van der Waals surface area contributed by atoms with E-state index < -0.39 is 0 Å². The fraction of sp³-hybridized carbons (Fsp3) is 0.348. The van der Waals surface area contributed by atoms with Gasteiger partial charge in [-0.3, -0.25) is 0 Å². The largest absolute Gasteiger partial charge is 0.399 e. The van der Waals surface area contributed by atoms with Crippen LogP contribution in [0.15, 0.2) is 42.5 Å².